The van der Waals surface area contributed by atoms with Crippen LogP contribution in [0.5, 0.6) is 0 Å². The van der Waals surface area contributed by atoms with Crippen molar-refractivity contribution < 1.29 is 9.90 Å². The Balaban J connectivity index is 2.74. The van der Waals surface area contributed by atoms with Gasteiger partial charge in [-0.05, 0) is 12.5 Å². The minimum absolute atomic E-state index is 0.328. The van der Waals surface area contributed by atoms with Crippen molar-refractivity contribution in [2.75, 3.05) is 0 Å². The summed E-state index contributed by atoms with van der Waals surface area (Å²) < 4.78 is 1.70. The van der Waals surface area contributed by atoms with Crippen molar-refractivity contribution in [1.82, 2.24) is 9.78 Å². The van der Waals surface area contributed by atoms with E-state index in [-0.39, 0.29) is 0 Å². The van der Waals surface area contributed by atoms with Crippen molar-refractivity contribution in [3.8, 4) is 0 Å². The monoisotopic (exact) mass is 183 g/mol. The van der Waals surface area contributed by atoms with E-state index in [2.05, 4.69) is 5.10 Å². The minimum Gasteiger partial charge on any atom is -0.480 e. The highest BCUT2D eigenvalue weighted by atomic mass is 16.4. The lowest BCUT2D eigenvalue weighted by Crippen LogP contribution is -2.32. The topological polar surface area (TPSA) is 81.1 Å². The fourth-order valence-electron chi connectivity index (χ4n) is 1.07. The molecule has 5 heteroatoms. The maximum Gasteiger partial charge on any atom is 0.320 e. The summed E-state index contributed by atoms with van der Waals surface area (Å²) in [6.45, 7) is 1.89. The number of nitrogens with two attached hydrogens (primary N) is 1. The Kier molecular flexibility index (Phi) is 2.67. The van der Waals surface area contributed by atoms with Gasteiger partial charge in [0.25, 0.3) is 0 Å². The van der Waals surface area contributed by atoms with Gasteiger partial charge in [0.2, 0.25) is 0 Å². The van der Waals surface area contributed by atoms with Crippen molar-refractivity contribution in [3.63, 3.8) is 0 Å². The molecule has 1 aromatic heterocycles. The quantitative estimate of drug-likeness (QED) is 0.673. The second kappa shape index (κ2) is 3.57. The summed E-state index contributed by atoms with van der Waals surface area (Å²) in [7, 11) is 1.81. The minimum atomic E-state index is -0.983. The zero-order valence-corrected chi connectivity index (χ0v) is 7.69. The van der Waals surface area contributed by atoms with Crippen molar-refractivity contribution in [2.45, 2.75) is 19.4 Å². The van der Waals surface area contributed by atoms with Crippen LogP contribution in [0.3, 0.4) is 0 Å². The van der Waals surface area contributed by atoms with E-state index in [1.165, 1.54) is 0 Å². The van der Waals surface area contributed by atoms with Crippen LogP contribution >= 0.6 is 0 Å². The molecule has 1 aromatic rings. The Labute approximate surface area is 76.2 Å². The van der Waals surface area contributed by atoms with Gasteiger partial charge in [0.05, 0.1) is 6.20 Å². The number of carboxylic acids is 1. The molecule has 1 rings (SSSR count). The van der Waals surface area contributed by atoms with Gasteiger partial charge in [-0.1, -0.05) is 0 Å². The lowest BCUT2D eigenvalue weighted by atomic mass is 10.1. The molecule has 0 aliphatic heterocycles. The molecule has 0 amide bonds. The van der Waals surface area contributed by atoms with Gasteiger partial charge in [-0.3, -0.25) is 9.48 Å². The first-order valence-electron chi connectivity index (χ1n) is 3.98. The van der Waals surface area contributed by atoms with Crippen molar-refractivity contribution in [3.05, 3.63) is 17.5 Å². The van der Waals surface area contributed by atoms with E-state index in [9.17, 15) is 4.79 Å². The van der Waals surface area contributed by atoms with Crippen molar-refractivity contribution >= 4 is 5.97 Å². The summed E-state index contributed by atoms with van der Waals surface area (Å²) in [5, 5.41) is 12.6. The third-order valence-electron chi connectivity index (χ3n) is 2.09. The summed E-state index contributed by atoms with van der Waals surface area (Å²) in [5.74, 6) is -0.983. The van der Waals surface area contributed by atoms with Crippen LogP contribution in [-0.4, -0.2) is 26.9 Å². The molecular weight excluding hydrogens is 170 g/mol. The van der Waals surface area contributed by atoms with Crippen molar-refractivity contribution in [1.29, 1.82) is 0 Å². The molecule has 0 saturated heterocycles. The van der Waals surface area contributed by atoms with Crippen LogP contribution in [0.2, 0.25) is 0 Å². The zero-order valence-electron chi connectivity index (χ0n) is 7.69. The highest BCUT2D eigenvalue weighted by Crippen LogP contribution is 2.07. The number of carbonyl (C=O) groups is 1. The first-order chi connectivity index (χ1) is 6.02. The third kappa shape index (κ3) is 2.06. The smallest absolute Gasteiger partial charge is 0.320 e. The Morgan fingerprint density at radius 2 is 2.46 bits per heavy atom. The Morgan fingerprint density at radius 1 is 1.85 bits per heavy atom. The maximum absolute atomic E-state index is 10.5. The normalized spacial score (nSPS) is 12.8. The fraction of sp³-hybridized carbons (Fsp3) is 0.500. The fourth-order valence-corrected chi connectivity index (χ4v) is 1.07. The van der Waals surface area contributed by atoms with Gasteiger partial charge in [-0.2, -0.15) is 5.10 Å². The molecule has 72 valence electrons. The van der Waals surface area contributed by atoms with Crippen LogP contribution in [0.4, 0.5) is 0 Å². The van der Waals surface area contributed by atoms with Gasteiger partial charge < -0.3 is 10.8 Å². The highest BCUT2D eigenvalue weighted by molar-refractivity contribution is 5.73. The molecule has 1 heterocycles. The van der Waals surface area contributed by atoms with E-state index in [4.69, 9.17) is 10.8 Å². The average molecular weight is 183 g/mol. The lowest BCUT2D eigenvalue weighted by molar-refractivity contribution is -0.138. The highest BCUT2D eigenvalue weighted by Gasteiger charge is 2.14. The Morgan fingerprint density at radius 3 is 2.85 bits per heavy atom. The van der Waals surface area contributed by atoms with Crippen LogP contribution in [-0.2, 0) is 18.3 Å². The predicted octanol–water partition coefficient (Wildman–Crippen LogP) is -0.317. The molecule has 5 nitrogen and oxygen atoms in total. The number of carboxylic acid groups (broad SMARTS) is 1. The van der Waals surface area contributed by atoms with Gasteiger partial charge in [0.15, 0.2) is 0 Å². The van der Waals surface area contributed by atoms with E-state index in [0.717, 1.165) is 11.3 Å². The van der Waals surface area contributed by atoms with Crippen LogP contribution in [0.1, 0.15) is 11.3 Å². The van der Waals surface area contributed by atoms with E-state index in [0.29, 0.717) is 6.42 Å². The molecule has 3 N–H and O–H groups in total. The first-order valence-corrected chi connectivity index (χ1v) is 3.98. The summed E-state index contributed by atoms with van der Waals surface area (Å²) in [5.41, 5.74) is 7.23. The summed E-state index contributed by atoms with van der Waals surface area (Å²) in [6, 6.07) is -0.845. The first kappa shape index (κ1) is 9.73. The number of aryl methyl sites for hydroxylation is 1. The molecule has 1 atom stereocenters. The molecule has 0 aliphatic carbocycles. The lowest BCUT2D eigenvalue weighted by Gasteiger charge is -2.04. The number of hydrogen-bond donors (Lipinski definition) is 2. The number of hydrogen-bond acceptors (Lipinski definition) is 3. The van der Waals surface area contributed by atoms with Gasteiger partial charge in [0.1, 0.15) is 6.04 Å². The van der Waals surface area contributed by atoms with Gasteiger partial charge in [-0.25, -0.2) is 0 Å². The molecule has 0 fully saturated rings. The summed E-state index contributed by atoms with van der Waals surface area (Å²) in [6.07, 6.45) is 1.98. The maximum atomic E-state index is 10.5. The number of aromatic nitrogens is 2. The van der Waals surface area contributed by atoms with Gasteiger partial charge >= 0.3 is 5.97 Å². The summed E-state index contributed by atoms with van der Waals surface area (Å²) in [4.78, 5) is 10.5. The number of aliphatic carboxylic acids is 1. The van der Waals surface area contributed by atoms with E-state index < -0.39 is 12.0 Å². The summed E-state index contributed by atoms with van der Waals surface area (Å²) >= 11 is 0. The van der Waals surface area contributed by atoms with Gasteiger partial charge in [-0.15, -0.1) is 0 Å². The number of rotatable bonds is 3. The zero-order chi connectivity index (χ0) is 10.0. The van der Waals surface area contributed by atoms with E-state index in [1.807, 2.05) is 14.0 Å². The Hall–Kier alpha value is -1.36. The molecule has 13 heavy (non-hydrogen) atoms. The molecule has 0 saturated carbocycles. The standard InChI is InChI=1S/C8H13N3O2/c1-5-6(4-10-11(5)2)3-7(9)8(12)13/h4,7H,3,9H2,1-2H3,(H,12,13)/t7-/m0/s1. The van der Waals surface area contributed by atoms with Crippen LogP contribution in [0.15, 0.2) is 6.20 Å². The SMILES string of the molecule is Cc1c(C[C@H](N)C(=O)O)cnn1C. The second-order valence-corrected chi connectivity index (χ2v) is 3.03. The van der Waals surface area contributed by atoms with Gasteiger partial charge in [0, 0.05) is 19.2 Å². The van der Waals surface area contributed by atoms with Crippen LogP contribution in [0.25, 0.3) is 0 Å². The molecule has 0 bridgehead atoms. The van der Waals surface area contributed by atoms with E-state index >= 15 is 0 Å². The molecule has 0 aromatic carbocycles. The second-order valence-electron chi connectivity index (χ2n) is 3.03. The van der Waals surface area contributed by atoms with Crippen LogP contribution < -0.4 is 5.73 Å². The largest absolute Gasteiger partial charge is 0.480 e. The molecule has 0 unspecified atom stereocenters. The van der Waals surface area contributed by atoms with Crippen molar-refractivity contribution in [2.24, 2.45) is 12.8 Å². The third-order valence-corrected chi connectivity index (χ3v) is 2.09. The molecule has 0 spiro atoms. The Bertz CT molecular complexity index is 319. The average Bonchev–Trinajstić information content (AvgIpc) is 2.36. The molecule has 0 radical (unpaired) electrons. The predicted molar refractivity (Wildman–Crippen MR) is 47.3 cm³/mol. The van der Waals surface area contributed by atoms with E-state index in [1.54, 1.807) is 10.9 Å². The molecular formula is C8H13N3O2. The van der Waals surface area contributed by atoms with Crippen LogP contribution in [0, 0.1) is 6.92 Å². The molecule has 0 aliphatic rings. The number of nitrogens with zero attached hydrogens (tertiary/aromatic N) is 2.